The number of non-ortho nitro benzene ring substituents is 1. The van der Waals surface area contributed by atoms with Crippen LogP contribution in [0.5, 0.6) is 0 Å². The van der Waals surface area contributed by atoms with Crippen molar-refractivity contribution in [3.8, 4) is 0 Å². The lowest BCUT2D eigenvalue weighted by Gasteiger charge is -2.22. The SMILES string of the molecule is CCn1c(SCC(=O)Nc2cc([N+](=O)[O-])ccc2C)nnc1[C@@H](NC(=O)c1ccc(Cl)c(Cl)c1)C(C)C. The van der Waals surface area contributed by atoms with Crippen LogP contribution >= 0.6 is 35.0 Å². The van der Waals surface area contributed by atoms with Gasteiger partial charge in [-0.2, -0.15) is 0 Å². The maximum Gasteiger partial charge on any atom is 0.271 e. The number of carbonyl (C=O) groups excluding carboxylic acids is 2. The topological polar surface area (TPSA) is 132 Å². The summed E-state index contributed by atoms with van der Waals surface area (Å²) in [6, 6.07) is 8.50. The van der Waals surface area contributed by atoms with Gasteiger partial charge in [-0.3, -0.25) is 19.7 Å². The molecule has 1 aromatic heterocycles. The largest absolute Gasteiger partial charge is 0.342 e. The van der Waals surface area contributed by atoms with Gasteiger partial charge in [0.2, 0.25) is 5.91 Å². The number of hydrogen-bond donors (Lipinski definition) is 2. The number of nitro groups is 1. The quantitative estimate of drug-likeness (QED) is 0.184. The van der Waals surface area contributed by atoms with Gasteiger partial charge in [0.1, 0.15) is 0 Å². The molecule has 0 aliphatic rings. The van der Waals surface area contributed by atoms with Crippen molar-refractivity contribution in [2.24, 2.45) is 5.92 Å². The average Bonchev–Trinajstić information content (AvgIpc) is 3.26. The van der Waals surface area contributed by atoms with E-state index >= 15 is 0 Å². The van der Waals surface area contributed by atoms with Gasteiger partial charge in [-0.15, -0.1) is 10.2 Å². The highest BCUT2D eigenvalue weighted by atomic mass is 35.5. The van der Waals surface area contributed by atoms with E-state index in [0.717, 1.165) is 0 Å². The van der Waals surface area contributed by atoms with E-state index < -0.39 is 11.0 Å². The van der Waals surface area contributed by atoms with Crippen LogP contribution in [0.15, 0.2) is 41.6 Å². The molecule has 0 unspecified atom stereocenters. The second-order valence-corrected chi connectivity index (χ2v) is 10.3. The van der Waals surface area contributed by atoms with Crippen LogP contribution in [0.3, 0.4) is 0 Å². The van der Waals surface area contributed by atoms with Crippen molar-refractivity contribution >= 4 is 58.2 Å². The molecule has 0 spiro atoms. The lowest BCUT2D eigenvalue weighted by molar-refractivity contribution is -0.384. The molecule has 0 aliphatic heterocycles. The third-order valence-electron chi connectivity index (χ3n) is 5.51. The van der Waals surface area contributed by atoms with Crippen molar-refractivity contribution in [3.05, 3.63) is 73.5 Å². The van der Waals surface area contributed by atoms with Crippen LogP contribution in [0.4, 0.5) is 11.4 Å². The Kier molecular flexibility index (Phi) is 9.52. The molecule has 0 saturated heterocycles. The average molecular weight is 565 g/mol. The Morgan fingerprint density at radius 3 is 2.49 bits per heavy atom. The smallest absolute Gasteiger partial charge is 0.271 e. The monoisotopic (exact) mass is 564 g/mol. The number of carbonyl (C=O) groups is 2. The van der Waals surface area contributed by atoms with Gasteiger partial charge in [0, 0.05) is 24.2 Å². The minimum atomic E-state index is -0.513. The summed E-state index contributed by atoms with van der Waals surface area (Å²) in [6.07, 6.45) is 0. The van der Waals surface area contributed by atoms with Gasteiger partial charge in [-0.25, -0.2) is 0 Å². The molecule has 0 fully saturated rings. The Bertz CT molecular complexity index is 1330. The molecule has 196 valence electrons. The molecule has 3 aromatic rings. The Labute approximate surface area is 228 Å². The summed E-state index contributed by atoms with van der Waals surface area (Å²) in [6.45, 7) is 8.10. The summed E-state index contributed by atoms with van der Waals surface area (Å²) in [5.41, 5.74) is 1.35. The number of hydrogen-bond acceptors (Lipinski definition) is 7. The Morgan fingerprint density at radius 2 is 1.86 bits per heavy atom. The van der Waals surface area contributed by atoms with Crippen molar-refractivity contribution in [2.75, 3.05) is 11.1 Å². The molecule has 0 bridgehead atoms. The molecular formula is C24H26Cl2N6O4S. The molecule has 1 atom stereocenters. The van der Waals surface area contributed by atoms with E-state index in [1.54, 1.807) is 25.1 Å². The zero-order chi connectivity index (χ0) is 27.3. The van der Waals surface area contributed by atoms with Crippen LogP contribution in [-0.4, -0.2) is 37.3 Å². The van der Waals surface area contributed by atoms with Crippen LogP contribution in [0.25, 0.3) is 0 Å². The maximum absolute atomic E-state index is 12.9. The Balaban J connectivity index is 1.73. The van der Waals surface area contributed by atoms with E-state index in [2.05, 4.69) is 20.8 Å². The molecule has 2 N–H and O–H groups in total. The summed E-state index contributed by atoms with van der Waals surface area (Å²) < 4.78 is 1.84. The molecule has 10 nitrogen and oxygen atoms in total. The normalized spacial score (nSPS) is 11.9. The van der Waals surface area contributed by atoms with Crippen LogP contribution in [0.2, 0.25) is 10.0 Å². The summed E-state index contributed by atoms with van der Waals surface area (Å²) in [5, 5.41) is 26.5. The first-order chi connectivity index (χ1) is 17.5. The van der Waals surface area contributed by atoms with E-state index in [9.17, 15) is 19.7 Å². The van der Waals surface area contributed by atoms with Crippen molar-refractivity contribution in [2.45, 2.75) is 45.4 Å². The number of anilines is 1. The summed E-state index contributed by atoms with van der Waals surface area (Å²) in [7, 11) is 0. The number of benzene rings is 2. The minimum Gasteiger partial charge on any atom is -0.342 e. The van der Waals surface area contributed by atoms with Gasteiger partial charge in [0.15, 0.2) is 11.0 Å². The molecule has 13 heteroatoms. The minimum absolute atomic E-state index is 0.0146. The first-order valence-corrected chi connectivity index (χ1v) is 13.1. The lowest BCUT2D eigenvalue weighted by atomic mass is 10.0. The van der Waals surface area contributed by atoms with Gasteiger partial charge in [-0.1, -0.05) is 54.9 Å². The second-order valence-electron chi connectivity index (χ2n) is 8.50. The number of aromatic nitrogens is 3. The molecule has 1 heterocycles. The number of aryl methyl sites for hydroxylation is 1. The molecule has 2 aromatic carbocycles. The second kappa shape index (κ2) is 12.4. The van der Waals surface area contributed by atoms with E-state index in [-0.39, 0.29) is 34.2 Å². The predicted octanol–water partition coefficient (Wildman–Crippen LogP) is 5.68. The summed E-state index contributed by atoms with van der Waals surface area (Å²) in [4.78, 5) is 36.0. The van der Waals surface area contributed by atoms with Gasteiger partial charge < -0.3 is 15.2 Å². The first-order valence-electron chi connectivity index (χ1n) is 11.4. The van der Waals surface area contributed by atoms with Crippen LogP contribution < -0.4 is 10.6 Å². The molecule has 37 heavy (non-hydrogen) atoms. The van der Waals surface area contributed by atoms with Crippen molar-refractivity contribution in [3.63, 3.8) is 0 Å². The van der Waals surface area contributed by atoms with Crippen LogP contribution in [-0.2, 0) is 11.3 Å². The fourth-order valence-corrected chi connectivity index (χ4v) is 4.61. The van der Waals surface area contributed by atoms with Gasteiger partial charge in [0.25, 0.3) is 11.6 Å². The van der Waals surface area contributed by atoms with E-state index in [4.69, 9.17) is 23.2 Å². The van der Waals surface area contributed by atoms with Crippen LogP contribution in [0.1, 0.15) is 48.6 Å². The highest BCUT2D eigenvalue weighted by molar-refractivity contribution is 7.99. The van der Waals surface area contributed by atoms with E-state index in [1.807, 2.05) is 25.3 Å². The fourth-order valence-electron chi connectivity index (χ4n) is 3.50. The number of thioether (sulfide) groups is 1. The van der Waals surface area contributed by atoms with Gasteiger partial charge in [0.05, 0.1) is 32.5 Å². The first kappa shape index (κ1) is 28.4. The molecule has 2 amide bonds. The summed E-state index contributed by atoms with van der Waals surface area (Å²) in [5.74, 6) is -0.108. The zero-order valence-electron chi connectivity index (χ0n) is 20.6. The Morgan fingerprint density at radius 1 is 1.14 bits per heavy atom. The highest BCUT2D eigenvalue weighted by Gasteiger charge is 2.26. The number of amides is 2. The standard InChI is InChI=1S/C24H26Cl2N6O4S/c1-5-31-22(21(13(2)3)28-23(34)15-7-9-17(25)18(26)10-15)29-30-24(31)37-12-20(33)27-19-11-16(32(35)36)8-6-14(19)4/h6-11,13,21H,5,12H2,1-4H3,(H,27,33)(H,28,34)/t21-/m0/s1. The van der Waals surface area contributed by atoms with Crippen LogP contribution in [0, 0.1) is 23.0 Å². The van der Waals surface area contributed by atoms with E-state index in [1.165, 1.54) is 30.0 Å². The number of rotatable bonds is 10. The fraction of sp³-hybridized carbons (Fsp3) is 0.333. The Hall–Kier alpha value is -3.15. The number of nitrogens with one attached hydrogen (secondary N) is 2. The zero-order valence-corrected chi connectivity index (χ0v) is 22.9. The number of nitrogens with zero attached hydrogens (tertiary/aromatic N) is 4. The molecule has 3 rings (SSSR count). The van der Waals surface area contributed by atoms with Crippen molar-refractivity contribution in [1.29, 1.82) is 0 Å². The molecule has 0 aliphatic carbocycles. The molecular weight excluding hydrogens is 539 g/mol. The summed E-state index contributed by atoms with van der Waals surface area (Å²) >= 11 is 13.2. The third kappa shape index (κ3) is 7.00. The number of halogens is 2. The van der Waals surface area contributed by atoms with E-state index in [0.29, 0.717) is 39.4 Å². The van der Waals surface area contributed by atoms with Gasteiger partial charge in [-0.05, 0) is 43.5 Å². The van der Waals surface area contributed by atoms with Crippen molar-refractivity contribution < 1.29 is 14.5 Å². The molecule has 0 radical (unpaired) electrons. The lowest BCUT2D eigenvalue weighted by Crippen LogP contribution is -2.33. The maximum atomic E-state index is 12.9. The molecule has 0 saturated carbocycles. The van der Waals surface area contributed by atoms with Crippen molar-refractivity contribution in [1.82, 2.24) is 20.1 Å². The highest BCUT2D eigenvalue weighted by Crippen LogP contribution is 2.28. The van der Waals surface area contributed by atoms with Gasteiger partial charge >= 0.3 is 0 Å². The number of nitro benzene ring substituents is 1. The predicted molar refractivity (Wildman–Crippen MR) is 144 cm³/mol. The third-order valence-corrected chi connectivity index (χ3v) is 7.22.